The van der Waals surface area contributed by atoms with E-state index in [1.54, 1.807) is 34.6 Å². The zero-order valence-electron chi connectivity index (χ0n) is 17.7. The fourth-order valence-electron chi connectivity index (χ4n) is 2.71. The van der Waals surface area contributed by atoms with Crippen LogP contribution in [0.5, 0.6) is 23.1 Å². The first kappa shape index (κ1) is 22.1. The monoisotopic (exact) mass is 402 g/mol. The number of nitrogens with one attached hydrogen (secondary N) is 2. The number of methoxy groups -OCH3 is 3. The maximum Gasteiger partial charge on any atom is 0.218 e. The van der Waals surface area contributed by atoms with E-state index in [0.717, 1.165) is 17.5 Å². The molecule has 0 saturated carbocycles. The topological polar surface area (TPSA) is 86.2 Å². The molecular weight excluding hydrogens is 372 g/mol. The number of hydrogen-bond donors (Lipinski definition) is 2. The Morgan fingerprint density at radius 2 is 1.72 bits per heavy atom. The minimum atomic E-state index is 0.530. The van der Waals surface area contributed by atoms with Crippen LogP contribution in [0.3, 0.4) is 0 Å². The van der Waals surface area contributed by atoms with E-state index >= 15 is 0 Å². The van der Waals surface area contributed by atoms with Gasteiger partial charge in [-0.15, -0.1) is 0 Å². The molecule has 158 valence electrons. The van der Waals surface area contributed by atoms with Crippen molar-refractivity contribution in [3.63, 3.8) is 0 Å². The molecule has 2 rings (SSSR count). The number of aliphatic imine (C=N–C) groups is 1. The van der Waals surface area contributed by atoms with Crippen LogP contribution in [0.15, 0.2) is 35.5 Å². The third-order valence-electron chi connectivity index (χ3n) is 4.15. The first-order chi connectivity index (χ1) is 14.2. The predicted octanol–water partition coefficient (Wildman–Crippen LogP) is 2.76. The highest BCUT2D eigenvalue weighted by Crippen LogP contribution is 2.38. The lowest BCUT2D eigenvalue weighted by atomic mass is 10.2. The number of pyridine rings is 1. The maximum atomic E-state index is 5.70. The van der Waals surface area contributed by atoms with Gasteiger partial charge in [0.25, 0.3) is 0 Å². The molecule has 0 fully saturated rings. The molecule has 0 bridgehead atoms. The van der Waals surface area contributed by atoms with Crippen LogP contribution in [0.1, 0.15) is 24.5 Å². The highest BCUT2D eigenvalue weighted by molar-refractivity contribution is 5.79. The highest BCUT2D eigenvalue weighted by Gasteiger charge is 2.13. The molecule has 8 nitrogen and oxygen atoms in total. The van der Waals surface area contributed by atoms with Crippen molar-refractivity contribution in [1.29, 1.82) is 0 Å². The number of ether oxygens (including phenoxy) is 4. The van der Waals surface area contributed by atoms with Crippen molar-refractivity contribution >= 4 is 5.96 Å². The Bertz CT molecular complexity index is 786. The van der Waals surface area contributed by atoms with Gasteiger partial charge in [0.15, 0.2) is 17.5 Å². The molecule has 0 atom stereocenters. The Kier molecular flexibility index (Phi) is 8.88. The molecule has 2 aromatic rings. The average molecular weight is 402 g/mol. The summed E-state index contributed by atoms with van der Waals surface area (Å²) in [5.74, 6) is 3.09. The third kappa shape index (κ3) is 6.17. The molecule has 0 radical (unpaired) electrons. The summed E-state index contributed by atoms with van der Waals surface area (Å²) in [4.78, 5) is 8.58. The first-order valence-electron chi connectivity index (χ1n) is 9.46. The molecule has 8 heteroatoms. The molecule has 0 aliphatic heterocycles. The number of benzene rings is 1. The van der Waals surface area contributed by atoms with E-state index in [2.05, 4.69) is 27.5 Å². The van der Waals surface area contributed by atoms with E-state index in [0.29, 0.717) is 48.8 Å². The molecule has 2 N–H and O–H groups in total. The second-order valence-electron chi connectivity index (χ2n) is 6.13. The van der Waals surface area contributed by atoms with Gasteiger partial charge in [0, 0.05) is 31.9 Å². The predicted molar refractivity (Wildman–Crippen MR) is 113 cm³/mol. The molecule has 0 aliphatic rings. The lowest BCUT2D eigenvalue weighted by Crippen LogP contribution is -2.36. The van der Waals surface area contributed by atoms with Crippen LogP contribution in [0.2, 0.25) is 0 Å². The van der Waals surface area contributed by atoms with Gasteiger partial charge in [-0.25, -0.2) is 4.98 Å². The van der Waals surface area contributed by atoms with Gasteiger partial charge in [-0.05, 0) is 30.2 Å². The van der Waals surface area contributed by atoms with Crippen molar-refractivity contribution in [3.8, 4) is 23.1 Å². The third-order valence-corrected chi connectivity index (χ3v) is 4.15. The summed E-state index contributed by atoms with van der Waals surface area (Å²) < 4.78 is 21.9. The van der Waals surface area contributed by atoms with E-state index in [9.17, 15) is 0 Å². The van der Waals surface area contributed by atoms with Crippen molar-refractivity contribution in [1.82, 2.24) is 15.6 Å². The van der Waals surface area contributed by atoms with E-state index in [1.807, 2.05) is 24.3 Å². The molecule has 0 unspecified atom stereocenters. The first-order valence-corrected chi connectivity index (χ1v) is 9.46. The quantitative estimate of drug-likeness (QED) is 0.467. The van der Waals surface area contributed by atoms with E-state index in [1.165, 1.54) is 0 Å². The van der Waals surface area contributed by atoms with Crippen LogP contribution >= 0.6 is 0 Å². The van der Waals surface area contributed by atoms with Gasteiger partial charge < -0.3 is 29.6 Å². The molecule has 0 saturated heterocycles. The number of hydrogen-bond acceptors (Lipinski definition) is 6. The van der Waals surface area contributed by atoms with Crippen molar-refractivity contribution in [2.75, 3.05) is 35.0 Å². The highest BCUT2D eigenvalue weighted by atomic mass is 16.5. The van der Waals surface area contributed by atoms with Gasteiger partial charge in [0.05, 0.1) is 27.9 Å². The molecule has 1 aromatic carbocycles. The normalized spacial score (nSPS) is 11.0. The smallest absolute Gasteiger partial charge is 0.218 e. The fraction of sp³-hybridized carbons (Fsp3) is 0.429. The minimum Gasteiger partial charge on any atom is -0.493 e. The summed E-state index contributed by atoms with van der Waals surface area (Å²) >= 11 is 0. The van der Waals surface area contributed by atoms with Crippen molar-refractivity contribution < 1.29 is 18.9 Å². The Labute approximate surface area is 172 Å². The lowest BCUT2D eigenvalue weighted by molar-refractivity contribution is 0.301. The summed E-state index contributed by atoms with van der Waals surface area (Å²) in [6.07, 6.45) is 2.66. The molecule has 1 aromatic heterocycles. The Hall–Kier alpha value is -3.16. The second kappa shape index (κ2) is 11.6. The van der Waals surface area contributed by atoms with Crippen LogP contribution in [-0.4, -0.2) is 45.9 Å². The standard InChI is InChI=1S/C21H30N4O4/c1-6-10-29-20-16(8-7-9-23-20)14-25-21(22-2)24-13-15-11-17(26-3)19(28-5)18(12-15)27-4/h7-9,11-12H,6,10,13-14H2,1-5H3,(H2,22,24,25). The summed E-state index contributed by atoms with van der Waals surface area (Å²) in [6.45, 7) is 3.78. The average Bonchev–Trinajstić information content (AvgIpc) is 2.77. The number of guanidine groups is 1. The number of aromatic nitrogens is 1. The Morgan fingerprint density at radius 3 is 2.31 bits per heavy atom. The van der Waals surface area contributed by atoms with Gasteiger partial charge >= 0.3 is 0 Å². The Balaban J connectivity index is 2.01. The maximum absolute atomic E-state index is 5.70. The van der Waals surface area contributed by atoms with Gasteiger partial charge in [0.2, 0.25) is 11.6 Å². The lowest BCUT2D eigenvalue weighted by Gasteiger charge is -2.16. The van der Waals surface area contributed by atoms with E-state index in [-0.39, 0.29) is 0 Å². The molecule has 0 aliphatic carbocycles. The van der Waals surface area contributed by atoms with Gasteiger partial charge in [-0.3, -0.25) is 4.99 Å². The minimum absolute atomic E-state index is 0.530. The van der Waals surface area contributed by atoms with Crippen LogP contribution in [0, 0.1) is 0 Å². The van der Waals surface area contributed by atoms with Gasteiger partial charge in [-0.2, -0.15) is 0 Å². The van der Waals surface area contributed by atoms with Gasteiger partial charge in [-0.1, -0.05) is 13.0 Å². The molecule has 29 heavy (non-hydrogen) atoms. The SMILES string of the molecule is CCCOc1ncccc1CNC(=NC)NCc1cc(OC)c(OC)c(OC)c1. The number of rotatable bonds is 10. The second-order valence-corrected chi connectivity index (χ2v) is 6.13. The summed E-state index contributed by atoms with van der Waals surface area (Å²) in [5.41, 5.74) is 1.94. The zero-order chi connectivity index (χ0) is 21.1. The Morgan fingerprint density at radius 1 is 1.03 bits per heavy atom. The van der Waals surface area contributed by atoms with Gasteiger partial charge in [0.1, 0.15) is 0 Å². The van der Waals surface area contributed by atoms with E-state index < -0.39 is 0 Å². The molecule has 1 heterocycles. The fourth-order valence-corrected chi connectivity index (χ4v) is 2.71. The van der Waals surface area contributed by atoms with Crippen LogP contribution < -0.4 is 29.6 Å². The summed E-state index contributed by atoms with van der Waals surface area (Å²) in [6, 6.07) is 7.68. The van der Waals surface area contributed by atoms with Crippen molar-refractivity contribution in [2.24, 2.45) is 4.99 Å². The molecule has 0 amide bonds. The van der Waals surface area contributed by atoms with Crippen molar-refractivity contribution in [2.45, 2.75) is 26.4 Å². The number of nitrogens with zero attached hydrogens (tertiary/aromatic N) is 2. The summed E-state index contributed by atoms with van der Waals surface area (Å²) in [7, 11) is 6.51. The molecule has 0 spiro atoms. The largest absolute Gasteiger partial charge is 0.493 e. The van der Waals surface area contributed by atoms with Crippen LogP contribution in [-0.2, 0) is 13.1 Å². The zero-order valence-corrected chi connectivity index (χ0v) is 17.7. The molecular formula is C21H30N4O4. The van der Waals surface area contributed by atoms with Crippen LogP contribution in [0.25, 0.3) is 0 Å². The van der Waals surface area contributed by atoms with Crippen LogP contribution in [0.4, 0.5) is 0 Å². The van der Waals surface area contributed by atoms with E-state index in [4.69, 9.17) is 18.9 Å². The summed E-state index contributed by atoms with van der Waals surface area (Å²) in [5, 5.41) is 6.57. The van der Waals surface area contributed by atoms with Crippen molar-refractivity contribution in [3.05, 3.63) is 41.6 Å².